The first-order valence-corrected chi connectivity index (χ1v) is 7.87. The first-order chi connectivity index (χ1) is 12.3. The first kappa shape index (κ1) is 17.6. The van der Waals surface area contributed by atoms with Gasteiger partial charge in [-0.3, -0.25) is 19.7 Å². The molecule has 0 radical (unpaired) electrons. The van der Waals surface area contributed by atoms with Crippen LogP contribution in [0.15, 0.2) is 28.8 Å². The normalized spacial score (nSPS) is 17.0. The summed E-state index contributed by atoms with van der Waals surface area (Å²) < 4.78 is 23.4. The van der Waals surface area contributed by atoms with Gasteiger partial charge in [0.15, 0.2) is 6.10 Å². The van der Waals surface area contributed by atoms with Gasteiger partial charge in [-0.05, 0) is 31.5 Å². The Hall–Kier alpha value is -3.23. The summed E-state index contributed by atoms with van der Waals surface area (Å²) in [6.45, 7) is 3.09. The highest BCUT2D eigenvalue weighted by molar-refractivity contribution is 6.01. The molecule has 3 rings (SSSR count). The first-order valence-electron chi connectivity index (χ1n) is 7.87. The smallest absolute Gasteiger partial charge is 0.314 e. The molecule has 2 heterocycles. The molecule has 1 aromatic carbocycles. The van der Waals surface area contributed by atoms with Crippen LogP contribution in [0.3, 0.4) is 0 Å². The van der Waals surface area contributed by atoms with Crippen LogP contribution in [-0.4, -0.2) is 29.0 Å². The van der Waals surface area contributed by atoms with Crippen LogP contribution in [0.2, 0.25) is 0 Å². The molecule has 0 bridgehead atoms. The van der Waals surface area contributed by atoms with E-state index in [-0.39, 0.29) is 18.0 Å². The van der Waals surface area contributed by atoms with Crippen LogP contribution >= 0.6 is 0 Å². The Morgan fingerprint density at radius 1 is 1.42 bits per heavy atom. The molecule has 2 atom stereocenters. The second-order valence-electron chi connectivity index (χ2n) is 5.94. The standard InChI is InChI=1S/C17H16FN3O5/c1-8-5-15(26-21-8)20-16(23)9(2)25-17(24)12-7-14(22)19-13-6-10(18)3-4-11(12)13/h3-6,9,12H,7H2,1-2H3,(H,19,22)(H,20,23)/t9-,12+/m0/s1. The van der Waals surface area contributed by atoms with Gasteiger partial charge >= 0.3 is 5.97 Å². The minimum Gasteiger partial charge on any atom is -0.452 e. The van der Waals surface area contributed by atoms with E-state index in [2.05, 4.69) is 15.8 Å². The minimum atomic E-state index is -1.12. The summed E-state index contributed by atoms with van der Waals surface area (Å²) in [6.07, 6.45) is -1.27. The Balaban J connectivity index is 1.69. The zero-order valence-corrected chi connectivity index (χ0v) is 14.0. The maximum Gasteiger partial charge on any atom is 0.314 e. The second kappa shape index (κ2) is 6.95. The molecule has 0 unspecified atom stereocenters. The van der Waals surface area contributed by atoms with Crippen LogP contribution in [0.1, 0.15) is 30.5 Å². The average Bonchev–Trinajstić information content (AvgIpc) is 2.98. The maximum atomic E-state index is 13.3. The number of nitrogens with zero attached hydrogens (tertiary/aromatic N) is 1. The van der Waals surface area contributed by atoms with Gasteiger partial charge in [-0.25, -0.2) is 4.39 Å². The summed E-state index contributed by atoms with van der Waals surface area (Å²) in [4.78, 5) is 36.3. The highest BCUT2D eigenvalue weighted by atomic mass is 19.1. The number of esters is 1. The Morgan fingerprint density at radius 2 is 2.19 bits per heavy atom. The van der Waals surface area contributed by atoms with Crippen molar-refractivity contribution in [1.29, 1.82) is 0 Å². The van der Waals surface area contributed by atoms with E-state index in [1.165, 1.54) is 25.1 Å². The summed E-state index contributed by atoms with van der Waals surface area (Å²) >= 11 is 0. The number of anilines is 2. The van der Waals surface area contributed by atoms with Crippen molar-refractivity contribution in [2.45, 2.75) is 32.3 Å². The van der Waals surface area contributed by atoms with Crippen molar-refractivity contribution in [3.05, 3.63) is 41.3 Å². The van der Waals surface area contributed by atoms with Crippen LogP contribution in [0.5, 0.6) is 0 Å². The largest absolute Gasteiger partial charge is 0.452 e. The average molecular weight is 361 g/mol. The topological polar surface area (TPSA) is 111 Å². The third-order valence-electron chi connectivity index (χ3n) is 3.88. The molecule has 2 amide bonds. The second-order valence-corrected chi connectivity index (χ2v) is 5.94. The summed E-state index contributed by atoms with van der Waals surface area (Å²) in [7, 11) is 0. The van der Waals surface area contributed by atoms with Gasteiger partial charge in [0, 0.05) is 18.2 Å². The molecule has 26 heavy (non-hydrogen) atoms. The number of ether oxygens (including phenoxy) is 1. The number of hydrogen-bond donors (Lipinski definition) is 2. The van der Waals surface area contributed by atoms with E-state index in [1.807, 2.05) is 0 Å². The lowest BCUT2D eigenvalue weighted by Gasteiger charge is -2.25. The van der Waals surface area contributed by atoms with Gasteiger partial charge in [0.25, 0.3) is 5.91 Å². The van der Waals surface area contributed by atoms with E-state index in [0.717, 1.165) is 6.07 Å². The molecule has 2 N–H and O–H groups in total. The van der Waals surface area contributed by atoms with Gasteiger partial charge < -0.3 is 14.6 Å². The maximum absolute atomic E-state index is 13.3. The Kier molecular flexibility index (Phi) is 4.70. The summed E-state index contributed by atoms with van der Waals surface area (Å²) in [5.74, 6) is -3.10. The summed E-state index contributed by atoms with van der Waals surface area (Å²) in [5.41, 5.74) is 1.24. The van der Waals surface area contributed by atoms with E-state index in [4.69, 9.17) is 9.26 Å². The summed E-state index contributed by atoms with van der Waals surface area (Å²) in [6, 6.07) is 5.26. The highest BCUT2D eigenvalue weighted by Gasteiger charge is 2.34. The number of carbonyl (C=O) groups excluding carboxylic acids is 3. The number of fused-ring (bicyclic) bond motifs is 1. The summed E-state index contributed by atoms with van der Waals surface area (Å²) in [5, 5.41) is 8.57. The number of halogens is 1. The van der Waals surface area contributed by atoms with Crippen molar-refractivity contribution in [3.63, 3.8) is 0 Å². The Bertz CT molecular complexity index is 879. The van der Waals surface area contributed by atoms with Gasteiger partial charge in [-0.15, -0.1) is 0 Å². The van der Waals surface area contributed by atoms with Crippen molar-refractivity contribution in [2.75, 3.05) is 10.6 Å². The predicted molar refractivity (Wildman–Crippen MR) is 87.8 cm³/mol. The van der Waals surface area contributed by atoms with Crippen LogP contribution in [0.4, 0.5) is 16.0 Å². The van der Waals surface area contributed by atoms with Crippen LogP contribution in [0, 0.1) is 12.7 Å². The van der Waals surface area contributed by atoms with Crippen molar-refractivity contribution in [3.8, 4) is 0 Å². The van der Waals surface area contributed by atoms with Gasteiger partial charge in [-0.2, -0.15) is 0 Å². The number of aryl methyl sites for hydroxylation is 1. The van der Waals surface area contributed by atoms with Crippen molar-refractivity contribution < 1.29 is 28.0 Å². The van der Waals surface area contributed by atoms with E-state index in [0.29, 0.717) is 11.3 Å². The zero-order chi connectivity index (χ0) is 18.8. The number of carbonyl (C=O) groups is 3. The van der Waals surface area contributed by atoms with E-state index >= 15 is 0 Å². The SMILES string of the molecule is Cc1cc(NC(=O)[C@H](C)OC(=O)[C@@H]2CC(=O)Nc3cc(F)ccc32)on1. The molecule has 8 nitrogen and oxygen atoms in total. The van der Waals surface area contributed by atoms with Crippen LogP contribution < -0.4 is 10.6 Å². The molecule has 0 spiro atoms. The third kappa shape index (κ3) is 3.71. The fourth-order valence-corrected chi connectivity index (χ4v) is 2.60. The molecule has 0 fully saturated rings. The number of benzene rings is 1. The van der Waals surface area contributed by atoms with E-state index < -0.39 is 35.6 Å². The van der Waals surface area contributed by atoms with Gasteiger partial charge in [-0.1, -0.05) is 11.2 Å². The molecular weight excluding hydrogens is 345 g/mol. The van der Waals surface area contributed by atoms with Crippen LogP contribution in [0.25, 0.3) is 0 Å². The predicted octanol–water partition coefficient (Wildman–Crippen LogP) is 2.12. The fourth-order valence-electron chi connectivity index (χ4n) is 2.60. The van der Waals surface area contributed by atoms with Crippen LogP contribution in [-0.2, 0) is 19.1 Å². The zero-order valence-electron chi connectivity index (χ0n) is 14.0. The number of amides is 2. The number of aromatic nitrogens is 1. The molecule has 0 aliphatic carbocycles. The van der Waals surface area contributed by atoms with Gasteiger partial charge in [0.1, 0.15) is 5.82 Å². The lowest BCUT2D eigenvalue weighted by molar-refractivity contribution is -0.155. The van der Waals surface area contributed by atoms with Crippen molar-refractivity contribution in [1.82, 2.24) is 5.16 Å². The molecule has 9 heteroatoms. The van der Waals surface area contributed by atoms with Crippen molar-refractivity contribution in [2.24, 2.45) is 0 Å². The van der Waals surface area contributed by atoms with Gasteiger partial charge in [0.05, 0.1) is 11.6 Å². The quantitative estimate of drug-likeness (QED) is 0.807. The highest BCUT2D eigenvalue weighted by Crippen LogP contribution is 2.33. The Morgan fingerprint density at radius 3 is 2.88 bits per heavy atom. The van der Waals surface area contributed by atoms with E-state index in [1.54, 1.807) is 6.92 Å². The molecule has 136 valence electrons. The number of nitrogens with one attached hydrogen (secondary N) is 2. The molecule has 1 aliphatic rings. The molecule has 1 aliphatic heterocycles. The molecule has 2 aromatic rings. The Labute approximate surface area is 147 Å². The van der Waals surface area contributed by atoms with Crippen molar-refractivity contribution >= 4 is 29.4 Å². The molecular formula is C17H16FN3O5. The van der Waals surface area contributed by atoms with E-state index in [9.17, 15) is 18.8 Å². The molecule has 1 aromatic heterocycles. The van der Waals surface area contributed by atoms with Gasteiger partial charge in [0.2, 0.25) is 11.8 Å². The number of hydrogen-bond acceptors (Lipinski definition) is 6. The monoisotopic (exact) mass is 361 g/mol. The number of rotatable bonds is 4. The lowest BCUT2D eigenvalue weighted by Crippen LogP contribution is -2.34. The lowest BCUT2D eigenvalue weighted by atomic mass is 9.90. The fraction of sp³-hybridized carbons (Fsp3) is 0.294. The molecule has 0 saturated carbocycles. The molecule has 0 saturated heterocycles. The third-order valence-corrected chi connectivity index (χ3v) is 3.88. The minimum absolute atomic E-state index is 0.133.